The van der Waals surface area contributed by atoms with E-state index in [9.17, 15) is 4.39 Å². The van der Waals surface area contributed by atoms with Crippen LogP contribution >= 0.6 is 0 Å². The Hall–Kier alpha value is -0.330. The molecule has 0 nitrogen and oxygen atoms in total. The predicted octanol–water partition coefficient (Wildman–Crippen LogP) is 4.75. The molecule has 0 heterocycles. The van der Waals surface area contributed by atoms with E-state index in [1.165, 1.54) is 6.42 Å². The molecule has 0 aromatic carbocycles. The van der Waals surface area contributed by atoms with Crippen LogP contribution in [0.1, 0.15) is 53.4 Å². The molecule has 1 heteroatoms. The number of alkyl halides is 1. The third-order valence-corrected chi connectivity index (χ3v) is 3.77. The van der Waals surface area contributed by atoms with Crippen molar-refractivity contribution in [2.24, 2.45) is 17.8 Å². The molecule has 1 fully saturated rings. The standard InChI is InChI=1S/C14H25F/c1-10(2)8-13-7-6-12(5)9-14(13,15)11(3)4/h10,12-13H,3,6-9H2,1-2,4-5H3. The Morgan fingerprint density at radius 1 is 1.47 bits per heavy atom. The summed E-state index contributed by atoms with van der Waals surface area (Å²) in [5.41, 5.74) is -0.359. The highest BCUT2D eigenvalue weighted by Crippen LogP contribution is 2.46. The highest BCUT2D eigenvalue weighted by Gasteiger charge is 2.43. The van der Waals surface area contributed by atoms with Crippen molar-refractivity contribution in [1.82, 2.24) is 0 Å². The Morgan fingerprint density at radius 3 is 2.53 bits per heavy atom. The molecule has 3 atom stereocenters. The van der Waals surface area contributed by atoms with E-state index in [4.69, 9.17) is 0 Å². The minimum absolute atomic E-state index is 0.200. The zero-order valence-corrected chi connectivity index (χ0v) is 10.6. The topological polar surface area (TPSA) is 0 Å². The summed E-state index contributed by atoms with van der Waals surface area (Å²) < 4.78 is 14.9. The van der Waals surface area contributed by atoms with Crippen molar-refractivity contribution >= 4 is 0 Å². The average molecular weight is 212 g/mol. The lowest BCUT2D eigenvalue weighted by atomic mass is 9.67. The van der Waals surface area contributed by atoms with Crippen LogP contribution in [-0.2, 0) is 0 Å². The van der Waals surface area contributed by atoms with Gasteiger partial charge >= 0.3 is 0 Å². The Balaban J connectivity index is 2.79. The van der Waals surface area contributed by atoms with E-state index >= 15 is 0 Å². The first kappa shape index (κ1) is 12.7. The predicted molar refractivity (Wildman–Crippen MR) is 64.6 cm³/mol. The van der Waals surface area contributed by atoms with Crippen LogP contribution in [0, 0.1) is 17.8 Å². The van der Waals surface area contributed by atoms with Crippen LogP contribution in [0.5, 0.6) is 0 Å². The minimum atomic E-state index is -1.10. The number of halogens is 1. The summed E-state index contributed by atoms with van der Waals surface area (Å²) in [5.74, 6) is 1.29. The van der Waals surface area contributed by atoms with Gasteiger partial charge in [-0.05, 0) is 49.5 Å². The average Bonchev–Trinajstić information content (AvgIpc) is 2.09. The van der Waals surface area contributed by atoms with Crippen LogP contribution in [0.25, 0.3) is 0 Å². The second kappa shape index (κ2) is 4.67. The Labute approximate surface area is 94.0 Å². The fourth-order valence-corrected chi connectivity index (χ4v) is 2.89. The molecular weight excluding hydrogens is 187 g/mol. The second-order valence-electron chi connectivity index (χ2n) is 5.86. The molecule has 0 aromatic heterocycles. The molecular formula is C14H25F. The summed E-state index contributed by atoms with van der Waals surface area (Å²) in [5, 5.41) is 0. The monoisotopic (exact) mass is 212 g/mol. The molecule has 0 amide bonds. The van der Waals surface area contributed by atoms with Gasteiger partial charge in [-0.25, -0.2) is 4.39 Å². The Bertz CT molecular complexity index is 231. The van der Waals surface area contributed by atoms with Gasteiger partial charge in [-0.15, -0.1) is 0 Å². The largest absolute Gasteiger partial charge is 0.239 e. The molecule has 1 aliphatic carbocycles. The Morgan fingerprint density at radius 2 is 2.07 bits per heavy atom. The molecule has 3 unspecified atom stereocenters. The van der Waals surface area contributed by atoms with Gasteiger partial charge in [-0.1, -0.05) is 33.8 Å². The molecule has 1 saturated carbocycles. The van der Waals surface area contributed by atoms with Crippen molar-refractivity contribution in [2.45, 2.75) is 59.0 Å². The van der Waals surface area contributed by atoms with Gasteiger partial charge in [-0.2, -0.15) is 0 Å². The smallest absolute Gasteiger partial charge is 0.134 e. The molecule has 1 rings (SSSR count). The van der Waals surface area contributed by atoms with Gasteiger partial charge < -0.3 is 0 Å². The molecule has 0 radical (unpaired) electrons. The summed E-state index contributed by atoms with van der Waals surface area (Å²) in [7, 11) is 0. The fourth-order valence-electron chi connectivity index (χ4n) is 2.89. The maximum atomic E-state index is 14.9. The van der Waals surface area contributed by atoms with Gasteiger partial charge in [0.05, 0.1) is 0 Å². The summed E-state index contributed by atoms with van der Waals surface area (Å²) >= 11 is 0. The highest BCUT2D eigenvalue weighted by molar-refractivity contribution is 5.14. The van der Waals surface area contributed by atoms with Crippen molar-refractivity contribution in [3.63, 3.8) is 0 Å². The maximum absolute atomic E-state index is 14.9. The minimum Gasteiger partial charge on any atom is -0.239 e. The van der Waals surface area contributed by atoms with Gasteiger partial charge in [0, 0.05) is 0 Å². The number of rotatable bonds is 3. The van der Waals surface area contributed by atoms with E-state index in [1.807, 2.05) is 6.92 Å². The molecule has 0 aliphatic heterocycles. The van der Waals surface area contributed by atoms with Gasteiger partial charge in [0.2, 0.25) is 0 Å². The number of hydrogen-bond acceptors (Lipinski definition) is 0. The Kier molecular flexibility index (Phi) is 3.97. The van der Waals surface area contributed by atoms with E-state index in [0.717, 1.165) is 18.4 Å². The van der Waals surface area contributed by atoms with E-state index in [-0.39, 0.29) is 5.92 Å². The van der Waals surface area contributed by atoms with Crippen LogP contribution in [-0.4, -0.2) is 5.67 Å². The SMILES string of the molecule is C=C(C)C1(F)CC(C)CCC1CC(C)C. The van der Waals surface area contributed by atoms with Crippen LogP contribution in [0.2, 0.25) is 0 Å². The van der Waals surface area contributed by atoms with E-state index < -0.39 is 5.67 Å². The van der Waals surface area contributed by atoms with E-state index in [1.54, 1.807) is 0 Å². The highest BCUT2D eigenvalue weighted by atomic mass is 19.1. The van der Waals surface area contributed by atoms with Crippen LogP contribution in [0.15, 0.2) is 12.2 Å². The van der Waals surface area contributed by atoms with Crippen molar-refractivity contribution < 1.29 is 4.39 Å². The zero-order valence-electron chi connectivity index (χ0n) is 10.6. The first-order chi connectivity index (χ1) is 6.86. The molecule has 15 heavy (non-hydrogen) atoms. The molecule has 88 valence electrons. The summed E-state index contributed by atoms with van der Waals surface area (Å²) in [6.07, 6.45) is 3.88. The molecule has 0 spiro atoms. The quantitative estimate of drug-likeness (QED) is 0.592. The molecule has 1 aliphatic rings. The van der Waals surface area contributed by atoms with Crippen LogP contribution in [0.3, 0.4) is 0 Å². The van der Waals surface area contributed by atoms with Crippen molar-refractivity contribution in [3.05, 3.63) is 12.2 Å². The van der Waals surface area contributed by atoms with Gasteiger partial charge in [-0.3, -0.25) is 0 Å². The summed E-state index contributed by atoms with van der Waals surface area (Å²) in [4.78, 5) is 0. The summed E-state index contributed by atoms with van der Waals surface area (Å²) in [6.45, 7) is 12.2. The lowest BCUT2D eigenvalue weighted by Crippen LogP contribution is -2.40. The van der Waals surface area contributed by atoms with E-state index in [2.05, 4.69) is 27.4 Å². The lowest BCUT2D eigenvalue weighted by molar-refractivity contribution is 0.0381. The van der Waals surface area contributed by atoms with E-state index in [0.29, 0.717) is 18.3 Å². The number of allylic oxidation sites excluding steroid dienone is 1. The molecule has 0 aromatic rings. The normalized spacial score (nSPS) is 36.9. The van der Waals surface area contributed by atoms with Crippen molar-refractivity contribution in [2.75, 3.05) is 0 Å². The maximum Gasteiger partial charge on any atom is 0.134 e. The first-order valence-corrected chi connectivity index (χ1v) is 6.21. The van der Waals surface area contributed by atoms with Crippen molar-refractivity contribution in [3.8, 4) is 0 Å². The van der Waals surface area contributed by atoms with Gasteiger partial charge in [0.15, 0.2) is 0 Å². The third-order valence-electron chi connectivity index (χ3n) is 3.77. The second-order valence-corrected chi connectivity index (χ2v) is 5.86. The van der Waals surface area contributed by atoms with Gasteiger partial charge in [0.1, 0.15) is 5.67 Å². The molecule has 0 bridgehead atoms. The molecule has 0 saturated heterocycles. The number of hydrogen-bond donors (Lipinski definition) is 0. The van der Waals surface area contributed by atoms with Crippen LogP contribution < -0.4 is 0 Å². The summed E-state index contributed by atoms with van der Waals surface area (Å²) in [6, 6.07) is 0. The third kappa shape index (κ3) is 2.83. The lowest BCUT2D eigenvalue weighted by Gasteiger charge is -2.42. The zero-order chi connectivity index (χ0) is 11.6. The fraction of sp³-hybridized carbons (Fsp3) is 0.857. The first-order valence-electron chi connectivity index (χ1n) is 6.21. The van der Waals surface area contributed by atoms with Gasteiger partial charge in [0.25, 0.3) is 0 Å². The molecule has 0 N–H and O–H groups in total. The van der Waals surface area contributed by atoms with Crippen molar-refractivity contribution in [1.29, 1.82) is 0 Å². The van der Waals surface area contributed by atoms with Crippen LogP contribution in [0.4, 0.5) is 4.39 Å².